The van der Waals surface area contributed by atoms with Gasteiger partial charge < -0.3 is 10.6 Å². The van der Waals surface area contributed by atoms with Gasteiger partial charge in [0.1, 0.15) is 6.17 Å². The van der Waals surface area contributed by atoms with Crippen molar-refractivity contribution in [1.82, 2.24) is 25.4 Å². The van der Waals surface area contributed by atoms with Crippen molar-refractivity contribution in [1.29, 1.82) is 0 Å². The number of amides is 3. The number of rotatable bonds is 6. The first kappa shape index (κ1) is 23.5. The molecule has 0 aromatic rings. The molecule has 6 atom stereocenters. The molecule has 0 bridgehead atoms. The van der Waals surface area contributed by atoms with Gasteiger partial charge in [-0.2, -0.15) is 0 Å². The number of sulfonamides is 1. The quantitative estimate of drug-likeness (QED) is 0.296. The molecule has 3 aliphatic rings. The Morgan fingerprint density at radius 2 is 2.03 bits per heavy atom. The summed E-state index contributed by atoms with van der Waals surface area (Å²) in [5.41, 5.74) is 7.36. The summed E-state index contributed by atoms with van der Waals surface area (Å²) < 4.78 is 39.3. The van der Waals surface area contributed by atoms with Gasteiger partial charge in [-0.25, -0.2) is 17.6 Å². The van der Waals surface area contributed by atoms with Gasteiger partial charge >= 0.3 is 6.03 Å². The van der Waals surface area contributed by atoms with E-state index in [9.17, 15) is 22.4 Å². The molecule has 1 saturated carbocycles. The molecule has 1 aliphatic carbocycles. The Labute approximate surface area is 181 Å². The molecule has 0 radical (unpaired) electrons. The second-order valence-electron chi connectivity index (χ2n) is 8.62. The van der Waals surface area contributed by atoms with Crippen molar-refractivity contribution < 1.29 is 22.4 Å². The third kappa shape index (κ3) is 5.72. The normalized spacial score (nSPS) is 35.5. The lowest BCUT2D eigenvalue weighted by Gasteiger charge is -2.37. The van der Waals surface area contributed by atoms with Crippen LogP contribution in [0.2, 0.25) is 0 Å². The molecule has 13 heteroatoms. The van der Waals surface area contributed by atoms with Crippen molar-refractivity contribution in [3.8, 4) is 0 Å². The fourth-order valence-corrected chi connectivity index (χ4v) is 6.24. The first-order chi connectivity index (χ1) is 14.1. The highest BCUT2D eigenvalue weighted by Crippen LogP contribution is 2.37. The summed E-state index contributed by atoms with van der Waals surface area (Å²) in [6.07, 6.45) is -0.294. The highest BCUT2D eigenvalue weighted by atomic mass is 35.5. The minimum absolute atomic E-state index is 0.0232. The summed E-state index contributed by atoms with van der Waals surface area (Å²) in [5.74, 6) is -2.27. The molecule has 30 heavy (non-hydrogen) atoms. The summed E-state index contributed by atoms with van der Waals surface area (Å²) in [4.78, 5) is 29.3. The maximum atomic E-state index is 14.6. The van der Waals surface area contributed by atoms with E-state index in [0.717, 1.165) is 13.2 Å². The maximum absolute atomic E-state index is 14.6. The molecule has 0 spiro atoms. The lowest BCUT2D eigenvalue weighted by Crippen LogP contribution is -2.52. The van der Waals surface area contributed by atoms with Crippen LogP contribution in [0.3, 0.4) is 0 Å². The molecule has 3 fully saturated rings. The summed E-state index contributed by atoms with van der Waals surface area (Å²) in [6, 6.07) is -0.470. The molecule has 5 N–H and O–H groups in total. The van der Waals surface area contributed by atoms with E-state index >= 15 is 0 Å². The third-order valence-corrected chi connectivity index (χ3v) is 7.98. The Morgan fingerprint density at radius 3 is 2.63 bits per heavy atom. The van der Waals surface area contributed by atoms with E-state index < -0.39 is 39.4 Å². The number of halogens is 2. The molecule has 3 rings (SSSR count). The van der Waals surface area contributed by atoms with Crippen LogP contribution in [-0.4, -0.2) is 86.9 Å². The molecule has 172 valence electrons. The lowest BCUT2D eigenvalue weighted by atomic mass is 9.76. The standard InChI is InChI=1S/C17H30ClFN6O4S/c1-24-7-14(21-9-24)11-4-12(15(19)13(18)5-11)16(26)22-23-30(28,29)8-10-2-3-25(6-10)17(20)27/h10-15,21,23H,2-9H2,1H3,(H2,20,27)(H,22,26). The first-order valence-corrected chi connectivity index (χ1v) is 12.2. The monoisotopic (exact) mass is 468 g/mol. The number of hydrogen-bond donors (Lipinski definition) is 4. The van der Waals surface area contributed by atoms with Crippen LogP contribution in [0.4, 0.5) is 9.18 Å². The summed E-state index contributed by atoms with van der Waals surface area (Å²) >= 11 is 6.18. The Balaban J connectivity index is 1.53. The number of hydrazine groups is 1. The summed E-state index contributed by atoms with van der Waals surface area (Å²) in [5, 5.41) is 2.54. The molecule has 2 saturated heterocycles. The lowest BCUT2D eigenvalue weighted by molar-refractivity contribution is -0.129. The van der Waals surface area contributed by atoms with E-state index in [2.05, 4.69) is 20.5 Å². The Hall–Kier alpha value is -1.21. The predicted molar refractivity (Wildman–Crippen MR) is 110 cm³/mol. The van der Waals surface area contributed by atoms with Crippen LogP contribution in [0.15, 0.2) is 0 Å². The van der Waals surface area contributed by atoms with Gasteiger partial charge in [-0.3, -0.25) is 20.4 Å². The smallest absolute Gasteiger partial charge is 0.314 e. The Bertz CT molecular complexity index is 759. The summed E-state index contributed by atoms with van der Waals surface area (Å²) in [6.45, 7) is 2.16. The fraction of sp³-hybridized carbons (Fsp3) is 0.882. The zero-order chi connectivity index (χ0) is 22.1. The zero-order valence-electron chi connectivity index (χ0n) is 16.9. The van der Waals surface area contributed by atoms with Gasteiger partial charge in [0.2, 0.25) is 15.9 Å². The van der Waals surface area contributed by atoms with Crippen LogP contribution < -0.4 is 21.3 Å². The second-order valence-corrected chi connectivity index (χ2v) is 10.9. The number of primary amides is 1. The molecule has 10 nitrogen and oxygen atoms in total. The summed E-state index contributed by atoms with van der Waals surface area (Å²) in [7, 11) is -1.88. The molecule has 2 heterocycles. The van der Waals surface area contributed by atoms with E-state index in [-0.39, 0.29) is 30.2 Å². The molecule has 0 aromatic carbocycles. The van der Waals surface area contributed by atoms with Crippen molar-refractivity contribution in [3.63, 3.8) is 0 Å². The number of nitrogens with one attached hydrogen (secondary N) is 3. The number of nitrogens with zero attached hydrogens (tertiary/aromatic N) is 2. The van der Waals surface area contributed by atoms with Gasteiger partial charge in [-0.05, 0) is 38.1 Å². The van der Waals surface area contributed by atoms with Crippen LogP contribution in [-0.2, 0) is 14.8 Å². The number of hydrogen-bond acceptors (Lipinski definition) is 6. The molecule has 6 unspecified atom stereocenters. The Kier molecular flexibility index (Phi) is 7.44. The number of carbonyl (C=O) groups excluding carboxylic acids is 2. The fourth-order valence-electron chi connectivity index (χ4n) is 4.60. The average Bonchev–Trinajstić information content (AvgIpc) is 3.31. The number of likely N-dealkylation sites (N-methyl/N-ethyl adjacent to an activating group) is 1. The minimum atomic E-state index is -3.85. The minimum Gasteiger partial charge on any atom is -0.351 e. The van der Waals surface area contributed by atoms with Crippen LogP contribution in [0.5, 0.6) is 0 Å². The second kappa shape index (κ2) is 9.51. The van der Waals surface area contributed by atoms with Gasteiger partial charge in [-0.15, -0.1) is 16.4 Å². The van der Waals surface area contributed by atoms with E-state index in [1.807, 2.05) is 7.05 Å². The van der Waals surface area contributed by atoms with Crippen molar-refractivity contribution >= 4 is 33.6 Å². The van der Waals surface area contributed by atoms with E-state index in [4.69, 9.17) is 17.3 Å². The van der Waals surface area contributed by atoms with Crippen LogP contribution in [0.25, 0.3) is 0 Å². The Morgan fingerprint density at radius 1 is 1.30 bits per heavy atom. The van der Waals surface area contributed by atoms with Gasteiger partial charge in [-0.1, -0.05) is 0 Å². The average molecular weight is 469 g/mol. The van der Waals surface area contributed by atoms with Crippen LogP contribution in [0, 0.1) is 17.8 Å². The molecule has 3 amide bonds. The molecule has 2 aliphatic heterocycles. The van der Waals surface area contributed by atoms with Gasteiger partial charge in [0, 0.05) is 32.3 Å². The SMILES string of the molecule is CN1CNC(C2CC(Cl)C(F)C(C(=O)NNS(=O)(=O)CC3CCN(C(N)=O)C3)C2)C1. The zero-order valence-corrected chi connectivity index (χ0v) is 18.5. The van der Waals surface area contributed by atoms with Crippen molar-refractivity contribution in [2.24, 2.45) is 23.5 Å². The molecule has 0 aromatic heterocycles. The number of nitrogens with two attached hydrogens (primary N) is 1. The highest BCUT2D eigenvalue weighted by Gasteiger charge is 2.44. The molecular formula is C17H30ClFN6O4S. The topological polar surface area (TPSA) is 137 Å². The number of urea groups is 1. The number of alkyl halides is 2. The van der Waals surface area contributed by atoms with Gasteiger partial charge in [0.05, 0.1) is 17.0 Å². The highest BCUT2D eigenvalue weighted by molar-refractivity contribution is 7.89. The van der Waals surface area contributed by atoms with Crippen LogP contribution >= 0.6 is 11.6 Å². The van der Waals surface area contributed by atoms with Crippen molar-refractivity contribution in [2.75, 3.05) is 39.1 Å². The third-order valence-electron chi connectivity index (χ3n) is 6.23. The number of carbonyl (C=O) groups is 2. The van der Waals surface area contributed by atoms with Gasteiger partial charge in [0.25, 0.3) is 0 Å². The number of likely N-dealkylation sites (tertiary alicyclic amines) is 1. The largest absolute Gasteiger partial charge is 0.351 e. The van der Waals surface area contributed by atoms with E-state index in [0.29, 0.717) is 25.8 Å². The first-order valence-electron chi connectivity index (χ1n) is 10.1. The predicted octanol–water partition coefficient (Wildman–Crippen LogP) is -0.830. The van der Waals surface area contributed by atoms with Gasteiger partial charge in [0.15, 0.2) is 0 Å². The van der Waals surface area contributed by atoms with E-state index in [1.54, 1.807) is 0 Å². The van der Waals surface area contributed by atoms with Crippen LogP contribution in [0.1, 0.15) is 19.3 Å². The molecular weight excluding hydrogens is 439 g/mol. The maximum Gasteiger partial charge on any atom is 0.314 e. The van der Waals surface area contributed by atoms with E-state index in [1.165, 1.54) is 4.90 Å². The van der Waals surface area contributed by atoms with Crippen molar-refractivity contribution in [2.45, 2.75) is 36.9 Å². The van der Waals surface area contributed by atoms with Crippen molar-refractivity contribution in [3.05, 3.63) is 0 Å².